The molecule has 0 amide bonds. The quantitative estimate of drug-likeness (QED) is 0.547. The van der Waals surface area contributed by atoms with Gasteiger partial charge in [-0.1, -0.05) is 30.3 Å². The maximum atomic E-state index is 11.3. The Balaban J connectivity index is 2.30. The molecule has 0 saturated heterocycles. The van der Waals surface area contributed by atoms with E-state index in [1.54, 1.807) is 22.9 Å². The maximum absolute atomic E-state index is 11.3. The van der Waals surface area contributed by atoms with Gasteiger partial charge in [-0.2, -0.15) is 10.4 Å². The summed E-state index contributed by atoms with van der Waals surface area (Å²) in [4.78, 5) is 10.8. The third-order valence-corrected chi connectivity index (χ3v) is 3.25. The minimum Gasteiger partial charge on any atom is -0.258 e. The highest BCUT2D eigenvalue weighted by atomic mass is 16.6. The van der Waals surface area contributed by atoms with Crippen molar-refractivity contribution in [2.24, 2.45) is 0 Å². The van der Waals surface area contributed by atoms with Crippen LogP contribution in [0.3, 0.4) is 0 Å². The van der Waals surface area contributed by atoms with Crippen molar-refractivity contribution in [3.05, 3.63) is 76.5 Å². The highest BCUT2D eigenvalue weighted by molar-refractivity contribution is 5.76. The zero-order valence-corrected chi connectivity index (χ0v) is 11.4. The zero-order valence-electron chi connectivity index (χ0n) is 11.4. The van der Waals surface area contributed by atoms with Crippen LogP contribution in [0.15, 0.2) is 60.8 Å². The first-order valence-electron chi connectivity index (χ1n) is 6.49. The van der Waals surface area contributed by atoms with Crippen LogP contribution < -0.4 is 0 Å². The summed E-state index contributed by atoms with van der Waals surface area (Å²) in [6.45, 7) is 0. The molecule has 22 heavy (non-hydrogen) atoms. The molecule has 2 aromatic carbocycles. The number of nitro groups is 1. The molecule has 1 heterocycles. The zero-order chi connectivity index (χ0) is 15.5. The van der Waals surface area contributed by atoms with Gasteiger partial charge in [0.25, 0.3) is 5.69 Å². The molecule has 3 rings (SSSR count). The average molecular weight is 290 g/mol. The first kappa shape index (κ1) is 13.5. The first-order valence-corrected chi connectivity index (χ1v) is 6.49. The highest BCUT2D eigenvalue weighted by Gasteiger charge is 2.22. The van der Waals surface area contributed by atoms with Gasteiger partial charge in [0.2, 0.25) is 0 Å². The van der Waals surface area contributed by atoms with Gasteiger partial charge in [0.1, 0.15) is 6.07 Å². The molecule has 0 atom stereocenters. The number of benzene rings is 2. The van der Waals surface area contributed by atoms with Crippen LogP contribution in [0.5, 0.6) is 0 Å². The Labute approximate surface area is 126 Å². The van der Waals surface area contributed by atoms with Crippen molar-refractivity contribution in [3.8, 4) is 23.0 Å². The van der Waals surface area contributed by atoms with Gasteiger partial charge in [0.05, 0.1) is 33.6 Å². The predicted octanol–water partition coefficient (Wildman–Crippen LogP) is 3.32. The van der Waals surface area contributed by atoms with Gasteiger partial charge in [-0.15, -0.1) is 0 Å². The van der Waals surface area contributed by atoms with E-state index in [2.05, 4.69) is 5.10 Å². The number of rotatable bonds is 3. The molecule has 3 aromatic rings. The molecule has 0 spiro atoms. The molecule has 106 valence electrons. The van der Waals surface area contributed by atoms with Gasteiger partial charge in [-0.05, 0) is 18.2 Å². The van der Waals surface area contributed by atoms with Crippen LogP contribution in [-0.4, -0.2) is 14.7 Å². The fraction of sp³-hybridized carbons (Fsp3) is 0. The van der Waals surface area contributed by atoms with Crippen LogP contribution in [0.4, 0.5) is 5.69 Å². The maximum Gasteiger partial charge on any atom is 0.278 e. The molecule has 0 bridgehead atoms. The van der Waals surface area contributed by atoms with Crippen LogP contribution in [0.2, 0.25) is 0 Å². The van der Waals surface area contributed by atoms with Crippen molar-refractivity contribution in [3.63, 3.8) is 0 Å². The monoisotopic (exact) mass is 290 g/mol. The third kappa shape index (κ3) is 2.21. The lowest BCUT2D eigenvalue weighted by molar-refractivity contribution is -0.384. The Hall–Kier alpha value is -3.46. The molecule has 0 unspecified atom stereocenters. The summed E-state index contributed by atoms with van der Waals surface area (Å²) in [6, 6.07) is 17.6. The smallest absolute Gasteiger partial charge is 0.258 e. The number of hydrogen-bond acceptors (Lipinski definition) is 4. The molecule has 0 saturated carbocycles. The van der Waals surface area contributed by atoms with Crippen molar-refractivity contribution >= 4 is 5.69 Å². The van der Waals surface area contributed by atoms with Crippen LogP contribution in [0.25, 0.3) is 16.9 Å². The van der Waals surface area contributed by atoms with Gasteiger partial charge in [0.15, 0.2) is 0 Å². The largest absolute Gasteiger partial charge is 0.278 e. The number of aromatic nitrogens is 2. The molecule has 0 aliphatic rings. The highest BCUT2D eigenvalue weighted by Crippen LogP contribution is 2.33. The summed E-state index contributed by atoms with van der Waals surface area (Å²) in [6.07, 6.45) is 1.42. The fourth-order valence-corrected chi connectivity index (χ4v) is 2.29. The van der Waals surface area contributed by atoms with Crippen molar-refractivity contribution in [1.82, 2.24) is 9.78 Å². The lowest BCUT2D eigenvalue weighted by Crippen LogP contribution is -2.01. The molecule has 6 nitrogen and oxygen atoms in total. The van der Waals surface area contributed by atoms with Gasteiger partial charge >= 0.3 is 0 Å². The molecule has 0 radical (unpaired) electrons. The van der Waals surface area contributed by atoms with E-state index in [9.17, 15) is 15.4 Å². The minimum atomic E-state index is -0.460. The van der Waals surface area contributed by atoms with Crippen molar-refractivity contribution in [1.29, 1.82) is 5.26 Å². The molecule has 1 aromatic heterocycles. The van der Waals surface area contributed by atoms with E-state index in [1.807, 2.05) is 36.4 Å². The van der Waals surface area contributed by atoms with Gasteiger partial charge in [-0.25, -0.2) is 4.68 Å². The fourth-order valence-electron chi connectivity index (χ4n) is 2.29. The number of para-hydroxylation sites is 2. The van der Waals surface area contributed by atoms with Gasteiger partial charge in [-0.3, -0.25) is 10.1 Å². The molecule has 0 aliphatic carbocycles. The van der Waals surface area contributed by atoms with Crippen LogP contribution in [0, 0.1) is 21.4 Å². The Morgan fingerprint density at radius 3 is 2.45 bits per heavy atom. The van der Waals surface area contributed by atoms with E-state index >= 15 is 0 Å². The molecular formula is C16H10N4O2. The van der Waals surface area contributed by atoms with Crippen LogP contribution in [-0.2, 0) is 0 Å². The normalized spacial score (nSPS) is 10.1. The lowest BCUT2D eigenvalue weighted by atomic mass is 10.1. The SMILES string of the molecule is N#Cc1cnn(-c2ccccc2)c1-c1ccccc1[N+](=O)[O-]. The third-order valence-electron chi connectivity index (χ3n) is 3.25. The van der Waals surface area contributed by atoms with E-state index in [0.29, 0.717) is 11.3 Å². The summed E-state index contributed by atoms with van der Waals surface area (Å²) in [5, 5.41) is 24.8. The molecule has 0 aliphatic heterocycles. The Kier molecular flexibility index (Phi) is 3.38. The van der Waals surface area contributed by atoms with E-state index in [1.165, 1.54) is 12.3 Å². The lowest BCUT2D eigenvalue weighted by Gasteiger charge is -2.08. The standard InChI is InChI=1S/C16H10N4O2/c17-10-12-11-18-19(13-6-2-1-3-7-13)16(12)14-8-4-5-9-15(14)20(21)22/h1-9,11H. The summed E-state index contributed by atoms with van der Waals surface area (Å²) >= 11 is 0. The Bertz CT molecular complexity index is 879. The summed E-state index contributed by atoms with van der Waals surface area (Å²) in [5.41, 5.74) is 1.75. The average Bonchev–Trinajstić information content (AvgIpc) is 2.99. The molecule has 6 heteroatoms. The topological polar surface area (TPSA) is 84.8 Å². The Morgan fingerprint density at radius 2 is 1.77 bits per heavy atom. The second kappa shape index (κ2) is 5.50. The Morgan fingerprint density at radius 1 is 1.09 bits per heavy atom. The van der Waals surface area contributed by atoms with E-state index in [-0.39, 0.29) is 11.3 Å². The second-order valence-corrected chi connectivity index (χ2v) is 4.54. The van der Waals surface area contributed by atoms with E-state index in [4.69, 9.17) is 0 Å². The van der Waals surface area contributed by atoms with Crippen molar-refractivity contribution in [2.75, 3.05) is 0 Å². The van der Waals surface area contributed by atoms with Gasteiger partial charge < -0.3 is 0 Å². The van der Waals surface area contributed by atoms with Gasteiger partial charge in [0, 0.05) is 6.07 Å². The summed E-state index contributed by atoms with van der Waals surface area (Å²) in [7, 11) is 0. The van der Waals surface area contributed by atoms with Crippen molar-refractivity contribution < 1.29 is 4.92 Å². The summed E-state index contributed by atoms with van der Waals surface area (Å²) in [5.74, 6) is 0. The number of hydrogen-bond donors (Lipinski definition) is 0. The molecular weight excluding hydrogens is 280 g/mol. The first-order chi connectivity index (χ1) is 10.7. The number of nitriles is 1. The molecule has 0 fully saturated rings. The van der Waals surface area contributed by atoms with E-state index < -0.39 is 4.92 Å². The minimum absolute atomic E-state index is 0.0586. The summed E-state index contributed by atoms with van der Waals surface area (Å²) < 4.78 is 1.54. The number of nitro benzene ring substituents is 1. The van der Waals surface area contributed by atoms with Crippen LogP contribution in [0.1, 0.15) is 5.56 Å². The van der Waals surface area contributed by atoms with Crippen molar-refractivity contribution in [2.45, 2.75) is 0 Å². The van der Waals surface area contributed by atoms with E-state index in [0.717, 1.165) is 5.69 Å². The predicted molar refractivity (Wildman–Crippen MR) is 80.4 cm³/mol. The van der Waals surface area contributed by atoms with Crippen LogP contribution >= 0.6 is 0 Å². The second-order valence-electron chi connectivity index (χ2n) is 4.54. The molecule has 0 N–H and O–H groups in total. The number of nitrogens with zero attached hydrogens (tertiary/aromatic N) is 4.